The van der Waals surface area contributed by atoms with Gasteiger partial charge in [0.15, 0.2) is 0 Å². The van der Waals surface area contributed by atoms with Gasteiger partial charge in [0.2, 0.25) is 0 Å². The topological polar surface area (TPSA) is 21.3 Å². The third-order valence-corrected chi connectivity index (χ3v) is 3.03. The third kappa shape index (κ3) is 5.64. The minimum Gasteiger partial charge on any atom is -0.496 e. The van der Waals surface area contributed by atoms with Crippen molar-refractivity contribution in [3.8, 4) is 5.75 Å². The Balaban J connectivity index is 2.37. The summed E-state index contributed by atoms with van der Waals surface area (Å²) in [5.74, 6) is 0.758. The molecule has 0 aliphatic heterocycles. The lowest BCUT2D eigenvalue weighted by Crippen LogP contribution is -2.18. The molecule has 0 fully saturated rings. The molecule has 0 spiro atoms. The zero-order valence-electron chi connectivity index (χ0n) is 10.3. The van der Waals surface area contributed by atoms with Crippen LogP contribution < -0.4 is 10.1 Å². The van der Waals surface area contributed by atoms with Crippen molar-refractivity contribution >= 4 is 11.8 Å². The van der Waals surface area contributed by atoms with E-state index in [2.05, 4.69) is 5.32 Å². The number of nitrogens with one attached hydrogen (secondary N) is 1. The van der Waals surface area contributed by atoms with E-state index in [1.807, 2.05) is 25.1 Å². The Hall–Kier alpha value is -0.880. The van der Waals surface area contributed by atoms with Crippen molar-refractivity contribution < 1.29 is 17.9 Å². The molecule has 0 heterocycles. The van der Waals surface area contributed by atoms with Crippen LogP contribution in [0.3, 0.4) is 0 Å². The highest BCUT2D eigenvalue weighted by Gasteiger charge is 2.27. The Kier molecular flexibility index (Phi) is 5.81. The van der Waals surface area contributed by atoms with Gasteiger partial charge in [0.25, 0.3) is 0 Å². The van der Waals surface area contributed by atoms with Crippen LogP contribution in [0.4, 0.5) is 13.2 Å². The zero-order chi connectivity index (χ0) is 13.6. The van der Waals surface area contributed by atoms with E-state index in [0.717, 1.165) is 16.9 Å². The molecular weight excluding hydrogens is 263 g/mol. The number of thioether (sulfide) groups is 1. The number of rotatable bonds is 6. The maximum absolute atomic E-state index is 11.9. The van der Waals surface area contributed by atoms with E-state index in [4.69, 9.17) is 4.74 Å². The SMILES string of the molecule is COc1ccc(C)cc1CNCCSC(F)(F)F. The molecule has 0 aromatic heterocycles. The summed E-state index contributed by atoms with van der Waals surface area (Å²) >= 11 is -0.0119. The van der Waals surface area contributed by atoms with Gasteiger partial charge < -0.3 is 10.1 Å². The second-order valence-electron chi connectivity index (χ2n) is 3.79. The molecule has 1 rings (SSSR count). The lowest BCUT2D eigenvalue weighted by Gasteiger charge is -2.11. The Morgan fingerprint density at radius 2 is 2.06 bits per heavy atom. The minimum atomic E-state index is -4.15. The monoisotopic (exact) mass is 279 g/mol. The molecule has 0 bridgehead atoms. The van der Waals surface area contributed by atoms with Crippen LogP contribution >= 0.6 is 11.8 Å². The summed E-state index contributed by atoms with van der Waals surface area (Å²) in [5, 5.41) is 2.98. The number of methoxy groups -OCH3 is 1. The first-order valence-corrected chi connectivity index (χ1v) is 6.46. The molecule has 1 aromatic rings. The summed E-state index contributed by atoms with van der Waals surface area (Å²) in [7, 11) is 1.58. The Labute approximate surface area is 109 Å². The Morgan fingerprint density at radius 1 is 1.33 bits per heavy atom. The molecule has 0 aliphatic carbocycles. The highest BCUT2D eigenvalue weighted by molar-refractivity contribution is 8.00. The van der Waals surface area contributed by atoms with Crippen LogP contribution in [-0.2, 0) is 6.54 Å². The maximum atomic E-state index is 11.9. The van der Waals surface area contributed by atoms with Gasteiger partial charge in [0, 0.05) is 24.4 Å². The van der Waals surface area contributed by atoms with Crippen LogP contribution in [0.1, 0.15) is 11.1 Å². The first-order valence-electron chi connectivity index (χ1n) is 5.47. The number of benzene rings is 1. The highest BCUT2D eigenvalue weighted by atomic mass is 32.2. The number of halogens is 3. The second-order valence-corrected chi connectivity index (χ2v) is 4.95. The maximum Gasteiger partial charge on any atom is 0.441 e. The van der Waals surface area contributed by atoms with E-state index in [1.165, 1.54) is 0 Å². The molecule has 102 valence electrons. The standard InChI is InChI=1S/C12H16F3NOS/c1-9-3-4-11(17-2)10(7-9)8-16-5-6-18-12(13,14)15/h3-4,7,16H,5-6,8H2,1-2H3. The summed E-state index contributed by atoms with van der Waals surface area (Å²) in [4.78, 5) is 0. The fourth-order valence-electron chi connectivity index (χ4n) is 1.51. The summed E-state index contributed by atoms with van der Waals surface area (Å²) < 4.78 is 40.9. The molecular formula is C12H16F3NOS. The van der Waals surface area contributed by atoms with Gasteiger partial charge in [0.1, 0.15) is 5.75 Å². The van der Waals surface area contributed by atoms with Crippen LogP contribution in [0.5, 0.6) is 5.75 Å². The first kappa shape index (κ1) is 15.2. The fourth-order valence-corrected chi connectivity index (χ4v) is 1.99. The second kappa shape index (κ2) is 6.89. The van der Waals surface area contributed by atoms with Crippen LogP contribution in [0.2, 0.25) is 0 Å². The lowest BCUT2D eigenvalue weighted by atomic mass is 10.1. The van der Waals surface area contributed by atoms with Crippen molar-refractivity contribution in [1.29, 1.82) is 0 Å². The van der Waals surface area contributed by atoms with Crippen LogP contribution in [-0.4, -0.2) is 24.9 Å². The molecule has 1 N–H and O–H groups in total. The predicted molar refractivity (Wildman–Crippen MR) is 68.0 cm³/mol. The normalized spacial score (nSPS) is 11.6. The van der Waals surface area contributed by atoms with Crippen molar-refractivity contribution in [2.24, 2.45) is 0 Å². The molecule has 0 unspecified atom stereocenters. The van der Waals surface area contributed by atoms with Gasteiger partial charge in [-0.05, 0) is 24.8 Å². The van der Waals surface area contributed by atoms with E-state index >= 15 is 0 Å². The molecule has 0 radical (unpaired) electrons. The number of alkyl halides is 3. The smallest absolute Gasteiger partial charge is 0.441 e. The Morgan fingerprint density at radius 3 is 2.67 bits per heavy atom. The minimum absolute atomic E-state index is 0.0115. The van der Waals surface area contributed by atoms with E-state index < -0.39 is 5.51 Å². The molecule has 0 saturated heterocycles. The quantitative estimate of drug-likeness (QED) is 0.807. The van der Waals surface area contributed by atoms with Gasteiger partial charge in [-0.1, -0.05) is 17.7 Å². The number of ether oxygens (including phenoxy) is 1. The highest BCUT2D eigenvalue weighted by Crippen LogP contribution is 2.29. The van der Waals surface area contributed by atoms with Gasteiger partial charge >= 0.3 is 5.51 Å². The summed E-state index contributed by atoms with van der Waals surface area (Å²) in [6.07, 6.45) is 0. The summed E-state index contributed by atoms with van der Waals surface area (Å²) in [6.45, 7) is 2.77. The molecule has 18 heavy (non-hydrogen) atoms. The van der Waals surface area contributed by atoms with Crippen molar-refractivity contribution in [2.45, 2.75) is 19.0 Å². The van der Waals surface area contributed by atoms with E-state index in [1.54, 1.807) is 7.11 Å². The molecule has 0 atom stereocenters. The van der Waals surface area contributed by atoms with Crippen LogP contribution in [0, 0.1) is 6.92 Å². The predicted octanol–water partition coefficient (Wildman–Crippen LogP) is 3.35. The average Bonchev–Trinajstić information content (AvgIpc) is 2.27. The summed E-state index contributed by atoms with van der Waals surface area (Å²) in [5.41, 5.74) is -2.10. The van der Waals surface area contributed by atoms with Gasteiger partial charge in [0.05, 0.1) is 7.11 Å². The molecule has 6 heteroatoms. The largest absolute Gasteiger partial charge is 0.496 e. The summed E-state index contributed by atoms with van der Waals surface area (Å²) in [6, 6.07) is 5.75. The van der Waals surface area contributed by atoms with Crippen molar-refractivity contribution in [1.82, 2.24) is 5.32 Å². The van der Waals surface area contributed by atoms with Crippen molar-refractivity contribution in [2.75, 3.05) is 19.4 Å². The number of aryl methyl sites for hydroxylation is 1. The third-order valence-electron chi connectivity index (χ3n) is 2.30. The first-order chi connectivity index (χ1) is 8.42. The van der Waals surface area contributed by atoms with Crippen LogP contribution in [0.25, 0.3) is 0 Å². The molecule has 2 nitrogen and oxygen atoms in total. The van der Waals surface area contributed by atoms with E-state index in [9.17, 15) is 13.2 Å². The Bertz CT molecular complexity index is 382. The zero-order valence-corrected chi connectivity index (χ0v) is 11.1. The average molecular weight is 279 g/mol. The molecule has 0 aliphatic rings. The fraction of sp³-hybridized carbons (Fsp3) is 0.500. The number of hydrogen-bond donors (Lipinski definition) is 1. The van der Waals surface area contributed by atoms with Crippen molar-refractivity contribution in [3.05, 3.63) is 29.3 Å². The van der Waals surface area contributed by atoms with E-state index in [-0.39, 0.29) is 17.5 Å². The van der Waals surface area contributed by atoms with Gasteiger partial charge in [-0.2, -0.15) is 13.2 Å². The van der Waals surface area contributed by atoms with Gasteiger partial charge in [-0.3, -0.25) is 0 Å². The van der Waals surface area contributed by atoms with Crippen LogP contribution in [0.15, 0.2) is 18.2 Å². The van der Waals surface area contributed by atoms with Gasteiger partial charge in [-0.15, -0.1) is 0 Å². The lowest BCUT2D eigenvalue weighted by molar-refractivity contribution is -0.0327. The number of hydrogen-bond acceptors (Lipinski definition) is 3. The van der Waals surface area contributed by atoms with Gasteiger partial charge in [-0.25, -0.2) is 0 Å². The molecule has 1 aromatic carbocycles. The molecule has 0 amide bonds. The van der Waals surface area contributed by atoms with E-state index in [0.29, 0.717) is 13.1 Å². The molecule has 0 saturated carbocycles. The van der Waals surface area contributed by atoms with Crippen molar-refractivity contribution in [3.63, 3.8) is 0 Å².